The third kappa shape index (κ3) is 11.9. The number of nitrogens with one attached hydrogen (secondary N) is 1. The van der Waals surface area contributed by atoms with Crippen molar-refractivity contribution in [2.45, 2.75) is 102 Å². The molecule has 0 aliphatic carbocycles. The summed E-state index contributed by atoms with van der Waals surface area (Å²) >= 11 is 0. The van der Waals surface area contributed by atoms with Gasteiger partial charge in [-0.1, -0.05) is 48.5 Å². The van der Waals surface area contributed by atoms with Gasteiger partial charge in [-0.15, -0.1) is 0 Å². The number of carbonyl (C=O) groups excluding carboxylic acids is 3. The molecule has 15 heteroatoms. The summed E-state index contributed by atoms with van der Waals surface area (Å²) in [6.07, 6.45) is 0.0738. The minimum absolute atomic E-state index is 0.0754. The van der Waals surface area contributed by atoms with E-state index in [1.807, 2.05) is 24.3 Å². The molecule has 0 radical (unpaired) electrons. The summed E-state index contributed by atoms with van der Waals surface area (Å²) in [5.41, 5.74) is 2.35. The van der Waals surface area contributed by atoms with Crippen LogP contribution in [0, 0.1) is 11.7 Å². The summed E-state index contributed by atoms with van der Waals surface area (Å²) in [4.78, 5) is 39.6. The van der Waals surface area contributed by atoms with E-state index in [-0.39, 0.29) is 32.0 Å². The van der Waals surface area contributed by atoms with Crippen molar-refractivity contribution in [3.63, 3.8) is 0 Å². The standard InChI is InChI=1S/C42H53FN2O11S/c1-27(46)55-37(30-14-16-33(43)17-15-30)21-20-35-38(45(40(35)50)34-18-8-29(9-19-34)7-6-24-44-57(5,51)52)31-10-12-32(13-11-31)39(49)36(48)22-23-42(56-28(2)47)25-53-41(3,4)54-26-42/h8-19,35-39,44,48-49H,6-7,20-26H2,1-5H3/t35?,36?,37-,38+,39?/m0/s1. The molecule has 3 N–H and O–H groups in total. The molecule has 3 unspecified atom stereocenters. The number of sulfonamides is 1. The van der Waals surface area contributed by atoms with Crippen molar-refractivity contribution in [1.82, 2.24) is 4.72 Å². The van der Waals surface area contributed by atoms with Gasteiger partial charge in [0.2, 0.25) is 15.9 Å². The van der Waals surface area contributed by atoms with Crippen LogP contribution in [-0.2, 0) is 49.8 Å². The lowest BCUT2D eigenvalue weighted by Gasteiger charge is -2.48. The van der Waals surface area contributed by atoms with Gasteiger partial charge in [-0.25, -0.2) is 17.5 Å². The zero-order chi connectivity index (χ0) is 41.5. The quantitative estimate of drug-likeness (QED) is 0.0857. The Morgan fingerprint density at radius 1 is 0.930 bits per heavy atom. The van der Waals surface area contributed by atoms with E-state index in [4.69, 9.17) is 18.9 Å². The van der Waals surface area contributed by atoms with Crippen LogP contribution >= 0.6 is 0 Å². The number of ether oxygens (including phenoxy) is 4. The second-order valence-electron chi connectivity index (χ2n) is 15.4. The maximum absolute atomic E-state index is 13.9. The number of hydrogen-bond acceptors (Lipinski definition) is 11. The third-order valence-electron chi connectivity index (χ3n) is 10.3. The lowest BCUT2D eigenvalue weighted by Crippen LogP contribution is -2.55. The molecular weight excluding hydrogens is 760 g/mol. The largest absolute Gasteiger partial charge is 0.458 e. The molecule has 0 aromatic heterocycles. The van der Waals surface area contributed by atoms with Gasteiger partial charge in [0, 0.05) is 26.1 Å². The average molecular weight is 813 g/mol. The van der Waals surface area contributed by atoms with Crippen LogP contribution in [0.4, 0.5) is 10.1 Å². The van der Waals surface area contributed by atoms with Gasteiger partial charge in [0.15, 0.2) is 11.4 Å². The Morgan fingerprint density at radius 3 is 2.12 bits per heavy atom. The fourth-order valence-electron chi connectivity index (χ4n) is 7.31. The molecule has 13 nitrogen and oxygen atoms in total. The van der Waals surface area contributed by atoms with E-state index >= 15 is 0 Å². The van der Waals surface area contributed by atoms with Gasteiger partial charge in [0.05, 0.1) is 37.5 Å². The number of carbonyl (C=O) groups is 3. The summed E-state index contributed by atoms with van der Waals surface area (Å²) in [5.74, 6) is -2.93. The topological polar surface area (TPSA) is 178 Å². The van der Waals surface area contributed by atoms with Gasteiger partial charge in [0.25, 0.3) is 0 Å². The maximum atomic E-state index is 13.9. The highest BCUT2D eigenvalue weighted by atomic mass is 32.2. The lowest BCUT2D eigenvalue weighted by molar-refractivity contribution is -0.306. The van der Waals surface area contributed by atoms with Crippen molar-refractivity contribution < 1.29 is 56.4 Å². The number of aryl methyl sites for hydroxylation is 1. The lowest BCUT2D eigenvalue weighted by atomic mass is 9.78. The molecule has 2 aliphatic rings. The van der Waals surface area contributed by atoms with Crippen LogP contribution in [0.25, 0.3) is 0 Å². The number of amides is 1. The number of nitrogens with zero attached hydrogens (tertiary/aromatic N) is 1. The highest BCUT2D eigenvalue weighted by Gasteiger charge is 2.49. The minimum Gasteiger partial charge on any atom is -0.458 e. The molecule has 57 heavy (non-hydrogen) atoms. The molecule has 1 amide bonds. The first-order valence-corrected chi connectivity index (χ1v) is 21.0. The Balaban J connectivity index is 1.32. The molecule has 5 rings (SSSR count). The molecule has 2 heterocycles. The van der Waals surface area contributed by atoms with Gasteiger partial charge >= 0.3 is 11.9 Å². The maximum Gasteiger partial charge on any atom is 0.303 e. The second kappa shape index (κ2) is 18.6. The van der Waals surface area contributed by atoms with E-state index in [0.717, 1.165) is 17.4 Å². The predicted molar refractivity (Wildman–Crippen MR) is 209 cm³/mol. The van der Waals surface area contributed by atoms with Crippen molar-refractivity contribution >= 4 is 33.6 Å². The third-order valence-corrected chi connectivity index (χ3v) is 11.1. The van der Waals surface area contributed by atoms with E-state index in [1.165, 1.54) is 26.0 Å². The van der Waals surface area contributed by atoms with E-state index < -0.39 is 69.4 Å². The number of anilines is 1. The van der Waals surface area contributed by atoms with Crippen LogP contribution in [0.5, 0.6) is 0 Å². The molecule has 2 saturated heterocycles. The summed E-state index contributed by atoms with van der Waals surface area (Å²) in [5, 5.41) is 22.3. The normalized spacial score (nSPS) is 20.6. The average Bonchev–Trinajstić information content (AvgIpc) is 3.15. The molecular formula is C42H53FN2O11S. The summed E-state index contributed by atoms with van der Waals surface area (Å²) in [6, 6.07) is 19.8. The fraction of sp³-hybridized carbons (Fsp3) is 0.500. The minimum atomic E-state index is -3.28. The first kappa shape index (κ1) is 43.9. The van der Waals surface area contributed by atoms with Gasteiger partial charge in [0.1, 0.15) is 18.0 Å². The zero-order valence-electron chi connectivity index (χ0n) is 33.0. The molecule has 310 valence electrons. The van der Waals surface area contributed by atoms with Crippen LogP contribution in [-0.4, -0.2) is 80.0 Å². The number of halogens is 1. The van der Waals surface area contributed by atoms with Crippen molar-refractivity contribution in [2.75, 3.05) is 30.9 Å². The van der Waals surface area contributed by atoms with Crippen LogP contribution < -0.4 is 9.62 Å². The number of β-lactam (4-membered cyclic amide) rings is 1. The summed E-state index contributed by atoms with van der Waals surface area (Å²) in [7, 11) is -3.28. The van der Waals surface area contributed by atoms with Crippen molar-refractivity contribution in [1.29, 1.82) is 0 Å². The molecule has 0 spiro atoms. The van der Waals surface area contributed by atoms with E-state index in [1.54, 1.807) is 55.1 Å². The number of hydrogen-bond donors (Lipinski definition) is 3. The number of benzene rings is 3. The first-order chi connectivity index (χ1) is 26.9. The number of rotatable bonds is 18. The Kier molecular flexibility index (Phi) is 14.3. The second-order valence-corrected chi connectivity index (χ2v) is 17.2. The van der Waals surface area contributed by atoms with Crippen LogP contribution in [0.2, 0.25) is 0 Å². The van der Waals surface area contributed by atoms with E-state index in [2.05, 4.69) is 4.72 Å². The highest BCUT2D eigenvalue weighted by molar-refractivity contribution is 7.88. The Morgan fingerprint density at radius 2 is 1.54 bits per heavy atom. The Hall–Kier alpha value is -4.25. The molecule has 3 aromatic carbocycles. The molecule has 2 aliphatic heterocycles. The predicted octanol–water partition coefficient (Wildman–Crippen LogP) is 5.36. The highest BCUT2D eigenvalue weighted by Crippen LogP contribution is 2.47. The molecule has 0 bridgehead atoms. The van der Waals surface area contributed by atoms with Crippen LogP contribution in [0.1, 0.15) is 100 Å². The van der Waals surface area contributed by atoms with Crippen LogP contribution in [0.15, 0.2) is 72.8 Å². The summed E-state index contributed by atoms with van der Waals surface area (Å²) < 4.78 is 61.7. The van der Waals surface area contributed by atoms with Crippen LogP contribution in [0.3, 0.4) is 0 Å². The molecule has 2 fully saturated rings. The zero-order valence-corrected chi connectivity index (χ0v) is 33.8. The smallest absolute Gasteiger partial charge is 0.303 e. The Bertz CT molecular complexity index is 1950. The summed E-state index contributed by atoms with van der Waals surface area (Å²) in [6.45, 7) is 6.55. The van der Waals surface area contributed by atoms with Gasteiger partial charge < -0.3 is 34.1 Å². The number of esters is 2. The fourth-order valence-corrected chi connectivity index (χ4v) is 7.82. The van der Waals surface area contributed by atoms with Crippen molar-refractivity contribution in [2.24, 2.45) is 5.92 Å². The van der Waals surface area contributed by atoms with Gasteiger partial charge in [-0.2, -0.15) is 0 Å². The SMILES string of the molecule is CC(=O)O[C@@H](CCC1C(=O)N(c2ccc(CCCNS(C)(=O)=O)cc2)[C@@H]1c1ccc(C(O)C(O)CCC2(OC(C)=O)COC(C)(C)OC2)cc1)c1ccc(F)cc1. The number of aliphatic hydroxyl groups excluding tert-OH is 2. The van der Waals surface area contributed by atoms with Crippen molar-refractivity contribution in [3.05, 3.63) is 101 Å². The monoisotopic (exact) mass is 812 g/mol. The van der Waals surface area contributed by atoms with Crippen molar-refractivity contribution in [3.8, 4) is 0 Å². The first-order valence-electron chi connectivity index (χ1n) is 19.1. The van der Waals surface area contributed by atoms with E-state index in [9.17, 15) is 37.4 Å². The Labute approximate surface area is 333 Å². The molecule has 5 atom stereocenters. The van der Waals surface area contributed by atoms with Gasteiger partial charge in [-0.05, 0) is 98.9 Å². The molecule has 0 saturated carbocycles. The molecule has 3 aromatic rings. The van der Waals surface area contributed by atoms with E-state index in [0.29, 0.717) is 49.0 Å². The number of aliphatic hydroxyl groups is 2. The van der Waals surface area contributed by atoms with Gasteiger partial charge in [-0.3, -0.25) is 14.4 Å².